The topological polar surface area (TPSA) is 73.8 Å². The maximum absolute atomic E-state index is 11.8. The van der Waals surface area contributed by atoms with E-state index in [1.807, 2.05) is 0 Å². The fourth-order valence-electron chi connectivity index (χ4n) is 1.61. The minimum absolute atomic E-state index is 0.290. The second-order valence-electron chi connectivity index (χ2n) is 5.02. The maximum Gasteiger partial charge on any atom is 0.345 e. The van der Waals surface area contributed by atoms with Gasteiger partial charge in [-0.15, -0.1) is 0 Å². The minimum Gasteiger partial charge on any atom is -0.338 e. The number of hydrogen-bond donors (Lipinski definition) is 2. The van der Waals surface area contributed by atoms with E-state index in [1.165, 1.54) is 24.6 Å². The third-order valence-electron chi connectivity index (χ3n) is 3.26. The number of thioether (sulfide) groups is 1. The van der Waals surface area contributed by atoms with Crippen LogP contribution >= 0.6 is 11.8 Å². The highest BCUT2D eigenvalue weighted by Gasteiger charge is 2.29. The van der Waals surface area contributed by atoms with E-state index in [4.69, 9.17) is 0 Å². The summed E-state index contributed by atoms with van der Waals surface area (Å²) in [5, 5.41) is 5.73. The Morgan fingerprint density at radius 1 is 1.32 bits per heavy atom. The molecule has 6 nitrogen and oxygen atoms in total. The number of nitrogens with zero attached hydrogens (tertiary/aromatic N) is 2. The van der Waals surface area contributed by atoms with Gasteiger partial charge in [-0.05, 0) is 37.9 Å². The Kier molecular flexibility index (Phi) is 4.68. The van der Waals surface area contributed by atoms with Crippen LogP contribution in [0.25, 0.3) is 0 Å². The van der Waals surface area contributed by atoms with Gasteiger partial charge in [0.15, 0.2) is 5.17 Å². The van der Waals surface area contributed by atoms with Crippen LogP contribution in [0.15, 0.2) is 4.99 Å². The number of carbonyl (C=O) groups is 2. The van der Waals surface area contributed by atoms with Gasteiger partial charge in [0.2, 0.25) is 0 Å². The van der Waals surface area contributed by atoms with Crippen LogP contribution in [0.2, 0.25) is 0 Å². The van der Waals surface area contributed by atoms with Crippen molar-refractivity contribution in [3.8, 4) is 0 Å². The highest BCUT2D eigenvalue weighted by molar-refractivity contribution is 8.13. The molecule has 0 radical (unpaired) electrons. The molecule has 2 aliphatic rings. The van der Waals surface area contributed by atoms with Crippen molar-refractivity contribution in [2.75, 3.05) is 19.8 Å². The summed E-state index contributed by atoms with van der Waals surface area (Å²) in [5.74, 6) is 0.628. The lowest BCUT2D eigenvalue weighted by atomic mass is 10.4. The van der Waals surface area contributed by atoms with Crippen molar-refractivity contribution in [2.45, 2.75) is 31.7 Å². The van der Waals surface area contributed by atoms with Crippen molar-refractivity contribution >= 4 is 29.0 Å². The average Bonchev–Trinajstić information content (AvgIpc) is 3.28. The monoisotopic (exact) mass is 284 g/mol. The van der Waals surface area contributed by atoms with Gasteiger partial charge >= 0.3 is 12.1 Å². The smallest absolute Gasteiger partial charge is 0.338 e. The molecule has 0 heterocycles. The SMILES string of the molecule is CSC(=NC(=O)N(C)C1CC1)NC(=O)NCC1CC1. The van der Waals surface area contributed by atoms with Gasteiger partial charge in [0.05, 0.1) is 0 Å². The molecule has 2 rings (SSSR count). The molecule has 19 heavy (non-hydrogen) atoms. The number of urea groups is 2. The number of aliphatic imine (C=N–C) groups is 1. The lowest BCUT2D eigenvalue weighted by Crippen LogP contribution is -2.40. The van der Waals surface area contributed by atoms with Crippen LogP contribution in [0, 0.1) is 5.92 Å². The van der Waals surface area contributed by atoms with Gasteiger partial charge in [0.25, 0.3) is 0 Å². The lowest BCUT2D eigenvalue weighted by Gasteiger charge is -2.13. The van der Waals surface area contributed by atoms with Gasteiger partial charge in [-0.25, -0.2) is 9.59 Å². The number of rotatable bonds is 3. The molecule has 0 saturated heterocycles. The average molecular weight is 284 g/mol. The van der Waals surface area contributed by atoms with Crippen LogP contribution in [0.4, 0.5) is 9.59 Å². The Morgan fingerprint density at radius 3 is 2.53 bits per heavy atom. The Morgan fingerprint density at radius 2 is 2.00 bits per heavy atom. The minimum atomic E-state index is -0.297. The number of nitrogens with one attached hydrogen (secondary N) is 2. The molecule has 106 valence electrons. The molecule has 7 heteroatoms. The second-order valence-corrected chi connectivity index (χ2v) is 5.82. The first-order chi connectivity index (χ1) is 9.10. The molecule has 2 aliphatic carbocycles. The zero-order valence-corrected chi connectivity index (χ0v) is 12.1. The molecule has 2 N–H and O–H groups in total. The van der Waals surface area contributed by atoms with E-state index in [2.05, 4.69) is 15.6 Å². The molecule has 0 bridgehead atoms. The third-order valence-corrected chi connectivity index (χ3v) is 3.84. The zero-order valence-electron chi connectivity index (χ0n) is 11.3. The molecule has 2 fully saturated rings. The summed E-state index contributed by atoms with van der Waals surface area (Å²) < 4.78 is 0. The van der Waals surface area contributed by atoms with Crippen molar-refractivity contribution in [3.05, 3.63) is 0 Å². The molecule has 0 aromatic rings. The molecule has 0 atom stereocenters. The molecular formula is C12H20N4O2S. The summed E-state index contributed by atoms with van der Waals surface area (Å²) in [6.07, 6.45) is 6.25. The van der Waals surface area contributed by atoms with Gasteiger partial charge in [-0.2, -0.15) is 4.99 Å². The molecule has 4 amide bonds. The highest BCUT2D eigenvalue weighted by atomic mass is 32.2. The van der Waals surface area contributed by atoms with E-state index in [-0.39, 0.29) is 12.1 Å². The maximum atomic E-state index is 11.8. The first kappa shape index (κ1) is 14.2. The number of amidine groups is 1. The van der Waals surface area contributed by atoms with Crippen molar-refractivity contribution in [2.24, 2.45) is 10.9 Å². The molecule has 0 aromatic carbocycles. The summed E-state index contributed by atoms with van der Waals surface area (Å²) >= 11 is 1.26. The number of hydrogen-bond acceptors (Lipinski definition) is 3. The van der Waals surface area contributed by atoms with Crippen LogP contribution < -0.4 is 10.6 Å². The van der Waals surface area contributed by atoms with Crippen LogP contribution in [0.5, 0.6) is 0 Å². The molecule has 0 unspecified atom stereocenters. The summed E-state index contributed by atoms with van der Waals surface area (Å²) in [6.45, 7) is 0.698. The van der Waals surface area contributed by atoms with Crippen LogP contribution in [-0.4, -0.2) is 48.0 Å². The van der Waals surface area contributed by atoms with Gasteiger partial charge < -0.3 is 10.2 Å². The van der Waals surface area contributed by atoms with E-state index in [0.29, 0.717) is 23.7 Å². The molecule has 0 spiro atoms. The molecule has 2 saturated carbocycles. The Balaban J connectivity index is 1.79. The summed E-state index contributed by atoms with van der Waals surface area (Å²) in [7, 11) is 1.74. The first-order valence-electron chi connectivity index (χ1n) is 6.54. The van der Waals surface area contributed by atoms with Gasteiger partial charge in [0, 0.05) is 19.6 Å². The van der Waals surface area contributed by atoms with E-state index >= 15 is 0 Å². The van der Waals surface area contributed by atoms with Crippen LogP contribution in [0.1, 0.15) is 25.7 Å². The molecule has 0 aromatic heterocycles. The van der Waals surface area contributed by atoms with Crippen LogP contribution in [-0.2, 0) is 0 Å². The highest BCUT2D eigenvalue weighted by Crippen LogP contribution is 2.27. The molecule has 0 aliphatic heterocycles. The van der Waals surface area contributed by atoms with E-state index in [1.54, 1.807) is 18.2 Å². The van der Waals surface area contributed by atoms with Crippen molar-refractivity contribution in [1.82, 2.24) is 15.5 Å². The summed E-state index contributed by atoms with van der Waals surface area (Å²) in [5.41, 5.74) is 0. The van der Waals surface area contributed by atoms with Gasteiger partial charge in [0.1, 0.15) is 0 Å². The van der Waals surface area contributed by atoms with Crippen LogP contribution in [0.3, 0.4) is 0 Å². The van der Waals surface area contributed by atoms with Crippen molar-refractivity contribution < 1.29 is 9.59 Å². The number of carbonyl (C=O) groups excluding carboxylic acids is 2. The summed E-state index contributed by atoms with van der Waals surface area (Å²) in [6, 6.07) is -0.265. The number of amides is 4. The van der Waals surface area contributed by atoms with E-state index in [9.17, 15) is 9.59 Å². The molecular weight excluding hydrogens is 264 g/mol. The Labute approximate surface area is 117 Å². The standard InChI is InChI=1S/C12H20N4O2S/c1-16(9-5-6-9)12(18)15-11(19-2)14-10(17)13-7-8-3-4-8/h8-9H,3-7H2,1-2H3,(H2,13,14,15,17,18). The normalized spacial score (nSPS) is 18.9. The summed E-state index contributed by atoms with van der Waals surface area (Å²) in [4.78, 5) is 29.0. The predicted octanol–water partition coefficient (Wildman–Crippen LogP) is 1.63. The Hall–Kier alpha value is -1.24. The van der Waals surface area contributed by atoms with E-state index in [0.717, 1.165) is 12.8 Å². The predicted molar refractivity (Wildman–Crippen MR) is 76.4 cm³/mol. The fraction of sp³-hybridized carbons (Fsp3) is 0.750. The Bertz CT molecular complexity index is 391. The van der Waals surface area contributed by atoms with Crippen molar-refractivity contribution in [1.29, 1.82) is 0 Å². The second kappa shape index (κ2) is 6.27. The largest absolute Gasteiger partial charge is 0.345 e. The zero-order chi connectivity index (χ0) is 13.8. The van der Waals surface area contributed by atoms with E-state index < -0.39 is 0 Å². The van der Waals surface area contributed by atoms with Gasteiger partial charge in [-0.3, -0.25) is 5.32 Å². The fourth-order valence-corrected chi connectivity index (χ4v) is 1.97. The quantitative estimate of drug-likeness (QED) is 0.611. The third kappa shape index (κ3) is 4.74. The van der Waals surface area contributed by atoms with Gasteiger partial charge in [-0.1, -0.05) is 11.8 Å². The first-order valence-corrected chi connectivity index (χ1v) is 7.77. The van der Waals surface area contributed by atoms with Crippen molar-refractivity contribution in [3.63, 3.8) is 0 Å². The lowest BCUT2D eigenvalue weighted by molar-refractivity contribution is 0.217.